The molecular formula is C15H30N2. The van der Waals surface area contributed by atoms with Crippen molar-refractivity contribution in [3.8, 4) is 6.57 Å². The number of nitrogens with zero attached hydrogens (tertiary/aromatic N) is 2. The monoisotopic (exact) mass is 238 g/mol. The second-order valence-electron chi connectivity index (χ2n) is 5.13. The molecule has 0 unspecified atom stereocenters. The Morgan fingerprint density at radius 3 is 2.12 bits per heavy atom. The molecule has 1 heterocycles. The minimum Gasteiger partial charge on any atom is -0.303 e. The van der Waals surface area contributed by atoms with Crippen LogP contribution in [-0.2, 0) is 0 Å². The van der Waals surface area contributed by atoms with Gasteiger partial charge in [0.25, 0.3) is 0 Å². The third kappa shape index (κ3) is 8.21. The first-order valence-corrected chi connectivity index (χ1v) is 7.35. The predicted molar refractivity (Wildman–Crippen MR) is 74.9 cm³/mol. The van der Waals surface area contributed by atoms with E-state index in [1.54, 1.807) is 0 Å². The van der Waals surface area contributed by atoms with Crippen molar-refractivity contribution in [2.75, 3.05) is 19.6 Å². The number of hydrogen-bond acceptors (Lipinski definition) is 2. The van der Waals surface area contributed by atoms with E-state index < -0.39 is 0 Å². The molecule has 2 heteroatoms. The van der Waals surface area contributed by atoms with Crippen molar-refractivity contribution < 1.29 is 0 Å². The molecule has 1 saturated heterocycles. The molecule has 0 radical (unpaired) electrons. The Morgan fingerprint density at radius 2 is 1.59 bits per heavy atom. The van der Waals surface area contributed by atoms with E-state index in [9.17, 15) is 0 Å². The quantitative estimate of drug-likeness (QED) is 0.621. The number of piperidine rings is 1. The van der Waals surface area contributed by atoms with E-state index >= 15 is 0 Å². The van der Waals surface area contributed by atoms with Gasteiger partial charge in [-0.25, -0.2) is 5.26 Å². The average Bonchev–Trinajstić information content (AvgIpc) is 2.40. The van der Waals surface area contributed by atoms with Gasteiger partial charge in [0.15, 0.2) is 0 Å². The molecule has 1 fully saturated rings. The lowest BCUT2D eigenvalue weighted by Crippen LogP contribution is -2.34. The highest BCUT2D eigenvalue weighted by Gasteiger charge is 2.17. The number of nitriles is 1. The molecule has 0 aromatic carbocycles. The SMILES string of the molecule is C#N.CCCCCN1CCC(CCCC)CC1. The minimum atomic E-state index is 1.05. The highest BCUT2D eigenvalue weighted by molar-refractivity contribution is 4.72. The largest absolute Gasteiger partial charge is 0.303 e. The summed E-state index contributed by atoms with van der Waals surface area (Å²) in [6.07, 6.45) is 11.4. The molecular weight excluding hydrogens is 208 g/mol. The normalized spacial score (nSPS) is 17.4. The zero-order valence-corrected chi connectivity index (χ0v) is 11.8. The summed E-state index contributed by atoms with van der Waals surface area (Å²) in [4.78, 5) is 2.68. The van der Waals surface area contributed by atoms with Crippen molar-refractivity contribution in [1.29, 1.82) is 5.26 Å². The Morgan fingerprint density at radius 1 is 1.00 bits per heavy atom. The molecule has 17 heavy (non-hydrogen) atoms. The van der Waals surface area contributed by atoms with Crippen LogP contribution < -0.4 is 0 Å². The second kappa shape index (κ2) is 11.9. The second-order valence-corrected chi connectivity index (χ2v) is 5.13. The first-order valence-electron chi connectivity index (χ1n) is 7.35. The van der Waals surface area contributed by atoms with Crippen molar-refractivity contribution in [2.45, 2.75) is 65.2 Å². The molecule has 0 aromatic rings. The highest BCUT2D eigenvalue weighted by atomic mass is 15.1. The average molecular weight is 238 g/mol. The smallest absolute Gasteiger partial charge is 0.0462 e. The summed E-state index contributed by atoms with van der Waals surface area (Å²) in [5.41, 5.74) is 0. The van der Waals surface area contributed by atoms with Crippen LogP contribution in [0.2, 0.25) is 0 Å². The van der Waals surface area contributed by atoms with Crippen LogP contribution in [0.5, 0.6) is 0 Å². The molecule has 0 aliphatic carbocycles. The Kier molecular flexibility index (Phi) is 11.5. The van der Waals surface area contributed by atoms with E-state index in [0.717, 1.165) is 5.92 Å². The first kappa shape index (κ1) is 16.4. The fourth-order valence-corrected chi connectivity index (χ4v) is 2.58. The van der Waals surface area contributed by atoms with E-state index in [1.165, 1.54) is 71.0 Å². The maximum atomic E-state index is 6.50. The molecule has 0 atom stereocenters. The molecule has 0 N–H and O–H groups in total. The number of hydrogen-bond donors (Lipinski definition) is 0. The van der Waals surface area contributed by atoms with Crippen LogP contribution in [0.15, 0.2) is 0 Å². The molecule has 2 nitrogen and oxygen atoms in total. The molecule has 1 aliphatic rings. The lowest BCUT2D eigenvalue weighted by Gasteiger charge is -2.31. The van der Waals surface area contributed by atoms with Crippen LogP contribution >= 0.6 is 0 Å². The molecule has 0 amide bonds. The summed E-state index contributed by atoms with van der Waals surface area (Å²) in [5.74, 6) is 1.05. The van der Waals surface area contributed by atoms with Crippen molar-refractivity contribution in [3.05, 3.63) is 0 Å². The maximum Gasteiger partial charge on any atom is 0.0462 e. The van der Waals surface area contributed by atoms with Gasteiger partial charge in [-0.1, -0.05) is 46.0 Å². The maximum absolute atomic E-state index is 6.50. The summed E-state index contributed by atoms with van der Waals surface area (Å²) >= 11 is 0. The van der Waals surface area contributed by atoms with Crippen LogP contribution in [0.3, 0.4) is 0 Å². The predicted octanol–water partition coefficient (Wildman–Crippen LogP) is 4.22. The van der Waals surface area contributed by atoms with E-state index in [4.69, 9.17) is 5.26 Å². The molecule has 1 aliphatic heterocycles. The van der Waals surface area contributed by atoms with Gasteiger partial charge < -0.3 is 4.90 Å². The highest BCUT2D eigenvalue weighted by Crippen LogP contribution is 2.22. The van der Waals surface area contributed by atoms with E-state index in [2.05, 4.69) is 25.3 Å². The lowest BCUT2D eigenvalue weighted by molar-refractivity contribution is 0.175. The van der Waals surface area contributed by atoms with Crippen molar-refractivity contribution in [3.63, 3.8) is 0 Å². The third-order valence-electron chi connectivity index (χ3n) is 3.75. The summed E-state index contributed by atoms with van der Waals surface area (Å²) in [6.45, 7) is 12.2. The van der Waals surface area contributed by atoms with Gasteiger partial charge in [0.1, 0.15) is 0 Å². The van der Waals surface area contributed by atoms with E-state index in [1.807, 2.05) is 0 Å². The number of likely N-dealkylation sites (tertiary alicyclic amines) is 1. The molecule has 100 valence electrons. The van der Waals surface area contributed by atoms with Crippen molar-refractivity contribution >= 4 is 0 Å². The van der Waals surface area contributed by atoms with Gasteiger partial charge in [0.2, 0.25) is 0 Å². The molecule has 1 rings (SSSR count). The van der Waals surface area contributed by atoms with Crippen LogP contribution in [0.25, 0.3) is 0 Å². The fourth-order valence-electron chi connectivity index (χ4n) is 2.58. The fraction of sp³-hybridized carbons (Fsp3) is 0.933. The zero-order valence-electron chi connectivity index (χ0n) is 11.8. The van der Waals surface area contributed by atoms with Crippen molar-refractivity contribution in [1.82, 2.24) is 4.90 Å². The Hall–Kier alpha value is -0.550. The molecule has 0 saturated carbocycles. The third-order valence-corrected chi connectivity index (χ3v) is 3.75. The minimum absolute atomic E-state index is 1.05. The van der Waals surface area contributed by atoms with Crippen LogP contribution in [0, 0.1) is 17.8 Å². The van der Waals surface area contributed by atoms with Crippen molar-refractivity contribution in [2.24, 2.45) is 5.92 Å². The van der Waals surface area contributed by atoms with Gasteiger partial charge >= 0.3 is 0 Å². The summed E-state index contributed by atoms with van der Waals surface area (Å²) in [5, 5.41) is 6.50. The van der Waals surface area contributed by atoms with Crippen LogP contribution in [0.1, 0.15) is 65.2 Å². The lowest BCUT2D eigenvalue weighted by atomic mass is 9.91. The summed E-state index contributed by atoms with van der Waals surface area (Å²) in [6, 6.07) is 0. The van der Waals surface area contributed by atoms with Gasteiger partial charge in [-0.2, -0.15) is 0 Å². The van der Waals surface area contributed by atoms with E-state index in [-0.39, 0.29) is 0 Å². The Bertz CT molecular complexity index is 169. The van der Waals surface area contributed by atoms with Gasteiger partial charge in [0, 0.05) is 6.57 Å². The van der Waals surface area contributed by atoms with Gasteiger partial charge in [-0.15, -0.1) is 0 Å². The number of unbranched alkanes of at least 4 members (excludes halogenated alkanes) is 3. The molecule has 0 spiro atoms. The zero-order chi connectivity index (χ0) is 12.9. The standard InChI is InChI=1S/C14H29N.CHN/c1-3-5-7-11-15-12-9-14(10-13-15)8-6-4-2;1-2/h14H,3-13H2,1-2H3;1H. The van der Waals surface area contributed by atoms with Gasteiger partial charge in [-0.05, 0) is 44.8 Å². The first-order chi connectivity index (χ1) is 8.36. The summed E-state index contributed by atoms with van der Waals surface area (Å²) in [7, 11) is 0. The molecule has 0 bridgehead atoms. The Labute approximate surface area is 108 Å². The number of rotatable bonds is 7. The molecule has 0 aromatic heterocycles. The summed E-state index contributed by atoms with van der Waals surface area (Å²) < 4.78 is 0. The van der Waals surface area contributed by atoms with Gasteiger partial charge in [-0.3, -0.25) is 0 Å². The van der Waals surface area contributed by atoms with Crippen LogP contribution in [-0.4, -0.2) is 24.5 Å². The topological polar surface area (TPSA) is 27.0 Å². The van der Waals surface area contributed by atoms with E-state index in [0.29, 0.717) is 0 Å². The van der Waals surface area contributed by atoms with Crippen LogP contribution in [0.4, 0.5) is 0 Å². The van der Waals surface area contributed by atoms with Gasteiger partial charge in [0.05, 0.1) is 0 Å². The Balaban J connectivity index is 0.00000121.